The second-order valence-electron chi connectivity index (χ2n) is 12.1. The number of halogens is 3. The Labute approximate surface area is 281 Å². The minimum atomic E-state index is -4.49. The molecule has 6 rings (SSSR count). The average Bonchev–Trinajstić information content (AvgIpc) is 3.41. The molecule has 3 aromatic carbocycles. The number of piperazine rings is 1. The summed E-state index contributed by atoms with van der Waals surface area (Å²) in [6, 6.07) is 19.3. The Morgan fingerprint density at radius 3 is 2.16 bits per heavy atom. The van der Waals surface area contributed by atoms with Crippen molar-refractivity contribution in [2.75, 3.05) is 31.5 Å². The monoisotopic (exact) mass is 672 g/mol. The van der Waals surface area contributed by atoms with E-state index in [1.165, 1.54) is 18.0 Å². The number of rotatable bonds is 9. The molecule has 0 atom stereocenters. The zero-order valence-electron chi connectivity index (χ0n) is 27.2. The molecule has 10 nitrogen and oxygen atoms in total. The minimum absolute atomic E-state index is 0.0232. The van der Waals surface area contributed by atoms with Gasteiger partial charge in [-0.1, -0.05) is 12.1 Å². The highest BCUT2D eigenvalue weighted by Crippen LogP contribution is 2.30. The fourth-order valence-electron chi connectivity index (χ4n) is 5.61. The Hall–Kier alpha value is -5.43. The van der Waals surface area contributed by atoms with Crippen molar-refractivity contribution in [1.29, 1.82) is 0 Å². The number of hydrogen-bond acceptors (Lipinski definition) is 7. The molecule has 1 fully saturated rings. The van der Waals surface area contributed by atoms with Crippen LogP contribution in [0, 0.1) is 0 Å². The summed E-state index contributed by atoms with van der Waals surface area (Å²) >= 11 is 0. The van der Waals surface area contributed by atoms with E-state index in [1.807, 2.05) is 54.6 Å². The van der Waals surface area contributed by atoms with E-state index < -0.39 is 17.6 Å². The molecule has 1 saturated heterocycles. The van der Waals surface area contributed by atoms with Gasteiger partial charge in [-0.05, 0) is 74.0 Å². The number of hydrogen-bond donors (Lipinski definition) is 1. The van der Waals surface area contributed by atoms with Gasteiger partial charge in [0.15, 0.2) is 0 Å². The van der Waals surface area contributed by atoms with Crippen LogP contribution in [0.15, 0.2) is 85.2 Å². The number of amides is 2. The molecule has 0 spiro atoms. The summed E-state index contributed by atoms with van der Waals surface area (Å²) in [6.45, 7) is 7.62. The number of alkyl halides is 3. The zero-order valence-corrected chi connectivity index (χ0v) is 27.2. The molecule has 0 saturated carbocycles. The maximum absolute atomic E-state index is 13.6. The fourth-order valence-corrected chi connectivity index (χ4v) is 5.61. The highest BCUT2D eigenvalue weighted by molar-refractivity contribution is 6.04. The number of carbonyl (C=O) groups is 2. The molecule has 0 radical (unpaired) electrons. The molecule has 0 bridgehead atoms. The van der Waals surface area contributed by atoms with Gasteiger partial charge in [0.2, 0.25) is 0 Å². The van der Waals surface area contributed by atoms with Crippen molar-refractivity contribution in [3.8, 4) is 17.5 Å². The number of aromatic nitrogens is 3. The molecule has 5 aromatic rings. The van der Waals surface area contributed by atoms with Gasteiger partial charge in [0.1, 0.15) is 17.2 Å². The first kappa shape index (κ1) is 33.5. The second kappa shape index (κ2) is 14.0. The normalized spacial score (nSPS) is 13.9. The first-order valence-electron chi connectivity index (χ1n) is 15.8. The molecule has 13 heteroatoms. The van der Waals surface area contributed by atoms with Gasteiger partial charge in [0, 0.05) is 56.8 Å². The van der Waals surface area contributed by atoms with E-state index >= 15 is 0 Å². The zero-order chi connectivity index (χ0) is 34.7. The van der Waals surface area contributed by atoms with Gasteiger partial charge in [0.05, 0.1) is 35.3 Å². The number of fused-ring (bicyclic) bond motifs is 1. The Morgan fingerprint density at radius 1 is 0.878 bits per heavy atom. The SMILES string of the molecule is CC(C)Oc1ccc(CN2CCN(C(=O)c3cc4ccc(Oc5ncc(NC(=O)c6ccc(C(F)(F)F)cc6)cn5)cc4n3C)CC2)cc1. The highest BCUT2D eigenvalue weighted by atomic mass is 19.4. The van der Waals surface area contributed by atoms with Crippen LogP contribution in [0.25, 0.3) is 10.9 Å². The van der Waals surface area contributed by atoms with Gasteiger partial charge in [-0.2, -0.15) is 13.2 Å². The lowest BCUT2D eigenvalue weighted by Gasteiger charge is -2.34. The summed E-state index contributed by atoms with van der Waals surface area (Å²) in [6.07, 6.45) is -1.69. The predicted molar refractivity (Wildman–Crippen MR) is 178 cm³/mol. The van der Waals surface area contributed by atoms with Crippen LogP contribution in [-0.4, -0.2) is 68.4 Å². The summed E-state index contributed by atoms with van der Waals surface area (Å²) in [7, 11) is 1.84. The van der Waals surface area contributed by atoms with Crippen LogP contribution < -0.4 is 14.8 Å². The Kier molecular flexibility index (Phi) is 9.54. The quantitative estimate of drug-likeness (QED) is 0.184. The predicted octanol–water partition coefficient (Wildman–Crippen LogP) is 6.78. The number of anilines is 1. The number of aryl methyl sites for hydroxylation is 1. The van der Waals surface area contributed by atoms with Crippen LogP contribution in [-0.2, 0) is 19.8 Å². The van der Waals surface area contributed by atoms with Crippen LogP contribution in [0.4, 0.5) is 18.9 Å². The first-order valence-corrected chi connectivity index (χ1v) is 15.8. The van der Waals surface area contributed by atoms with Crippen LogP contribution in [0.2, 0.25) is 0 Å². The van der Waals surface area contributed by atoms with Gasteiger partial charge >= 0.3 is 12.2 Å². The van der Waals surface area contributed by atoms with Crippen LogP contribution in [0.5, 0.6) is 17.5 Å². The molecule has 1 aliphatic rings. The molecule has 1 N–H and O–H groups in total. The maximum atomic E-state index is 13.6. The molecular weight excluding hydrogens is 637 g/mol. The molecule has 2 aromatic heterocycles. The third-order valence-electron chi connectivity index (χ3n) is 8.17. The molecule has 254 valence electrons. The van der Waals surface area contributed by atoms with E-state index in [-0.39, 0.29) is 29.3 Å². The van der Waals surface area contributed by atoms with E-state index in [0.717, 1.165) is 60.6 Å². The molecule has 49 heavy (non-hydrogen) atoms. The third-order valence-corrected chi connectivity index (χ3v) is 8.17. The van der Waals surface area contributed by atoms with Crippen molar-refractivity contribution in [1.82, 2.24) is 24.3 Å². The molecular formula is C36H35F3N6O4. The van der Waals surface area contributed by atoms with Gasteiger partial charge in [0.25, 0.3) is 11.8 Å². The summed E-state index contributed by atoms with van der Waals surface area (Å²) in [5.74, 6) is 0.669. The number of nitrogens with one attached hydrogen (secondary N) is 1. The largest absolute Gasteiger partial charge is 0.491 e. The molecule has 0 unspecified atom stereocenters. The number of benzene rings is 3. The molecule has 0 aliphatic carbocycles. The van der Waals surface area contributed by atoms with Gasteiger partial charge < -0.3 is 24.3 Å². The van der Waals surface area contributed by atoms with E-state index in [2.05, 4.69) is 32.3 Å². The van der Waals surface area contributed by atoms with Crippen molar-refractivity contribution < 1.29 is 32.2 Å². The van der Waals surface area contributed by atoms with E-state index in [1.54, 1.807) is 12.1 Å². The highest BCUT2D eigenvalue weighted by Gasteiger charge is 2.30. The summed E-state index contributed by atoms with van der Waals surface area (Å²) < 4.78 is 51.8. The van der Waals surface area contributed by atoms with Crippen molar-refractivity contribution in [2.24, 2.45) is 7.05 Å². The summed E-state index contributed by atoms with van der Waals surface area (Å²) in [4.78, 5) is 38.5. The number of carbonyl (C=O) groups excluding carboxylic acids is 2. The smallest absolute Gasteiger partial charge is 0.416 e. The second-order valence-corrected chi connectivity index (χ2v) is 12.1. The fraction of sp³-hybridized carbons (Fsp3) is 0.278. The number of ether oxygens (including phenoxy) is 2. The Bertz CT molecular complexity index is 1930. The van der Waals surface area contributed by atoms with Crippen LogP contribution in [0.3, 0.4) is 0 Å². The van der Waals surface area contributed by atoms with E-state index in [0.29, 0.717) is 24.5 Å². The lowest BCUT2D eigenvalue weighted by molar-refractivity contribution is -0.137. The molecule has 2 amide bonds. The topological polar surface area (TPSA) is 102 Å². The third kappa shape index (κ3) is 8.00. The molecule has 1 aliphatic heterocycles. The maximum Gasteiger partial charge on any atom is 0.416 e. The standard InChI is InChI=1S/C36H35F3N6O4/c1-23(2)48-29-11-4-24(5-12-29)22-44-14-16-45(17-15-44)34(47)32-18-26-8-13-30(19-31(26)43(32)3)49-35-40-20-28(21-41-35)42-33(46)25-6-9-27(10-7-25)36(37,38)39/h4-13,18-21,23H,14-17,22H2,1-3H3,(H,42,46). The minimum Gasteiger partial charge on any atom is -0.491 e. The van der Waals surface area contributed by atoms with Crippen molar-refractivity contribution in [2.45, 2.75) is 32.7 Å². The van der Waals surface area contributed by atoms with E-state index in [9.17, 15) is 22.8 Å². The van der Waals surface area contributed by atoms with Gasteiger partial charge in [-0.3, -0.25) is 14.5 Å². The Morgan fingerprint density at radius 2 is 1.53 bits per heavy atom. The number of nitrogens with zero attached hydrogens (tertiary/aromatic N) is 5. The Balaban J connectivity index is 1.04. The first-order chi connectivity index (χ1) is 23.4. The van der Waals surface area contributed by atoms with Gasteiger partial charge in [-0.25, -0.2) is 9.97 Å². The lowest BCUT2D eigenvalue weighted by atomic mass is 10.1. The summed E-state index contributed by atoms with van der Waals surface area (Å²) in [5.41, 5.74) is 2.03. The summed E-state index contributed by atoms with van der Waals surface area (Å²) in [5, 5.41) is 3.43. The lowest BCUT2D eigenvalue weighted by Crippen LogP contribution is -2.48. The van der Waals surface area contributed by atoms with Crippen LogP contribution >= 0.6 is 0 Å². The van der Waals surface area contributed by atoms with Crippen molar-refractivity contribution in [3.63, 3.8) is 0 Å². The van der Waals surface area contributed by atoms with E-state index in [4.69, 9.17) is 9.47 Å². The van der Waals surface area contributed by atoms with Crippen LogP contribution in [0.1, 0.15) is 45.8 Å². The average molecular weight is 673 g/mol. The van der Waals surface area contributed by atoms with Gasteiger partial charge in [-0.15, -0.1) is 0 Å². The molecule has 3 heterocycles. The van der Waals surface area contributed by atoms with Crippen molar-refractivity contribution >= 4 is 28.4 Å². The van der Waals surface area contributed by atoms with Crippen molar-refractivity contribution in [3.05, 3.63) is 108 Å².